The SMILES string of the molecule is CCCN1CCC(NS(=O)(=O)C(C)CNC2CC2)CC1. The molecular formula is C14H29N3O2S. The molecule has 1 heterocycles. The topological polar surface area (TPSA) is 61.4 Å². The lowest BCUT2D eigenvalue weighted by molar-refractivity contribution is 0.207. The molecule has 5 nitrogen and oxygen atoms in total. The number of hydrogen-bond acceptors (Lipinski definition) is 4. The Kier molecular flexibility index (Phi) is 5.84. The number of likely N-dealkylation sites (tertiary alicyclic amines) is 1. The number of rotatable bonds is 8. The van der Waals surface area contributed by atoms with Crippen molar-refractivity contribution >= 4 is 10.0 Å². The van der Waals surface area contributed by atoms with Crippen molar-refractivity contribution in [3.8, 4) is 0 Å². The van der Waals surface area contributed by atoms with Gasteiger partial charge in [0, 0.05) is 18.6 Å². The minimum atomic E-state index is -3.19. The van der Waals surface area contributed by atoms with E-state index in [1.165, 1.54) is 19.3 Å². The van der Waals surface area contributed by atoms with Gasteiger partial charge in [0.1, 0.15) is 0 Å². The van der Waals surface area contributed by atoms with Gasteiger partial charge in [-0.05, 0) is 58.7 Å². The van der Waals surface area contributed by atoms with Gasteiger partial charge >= 0.3 is 0 Å². The van der Waals surface area contributed by atoms with Crippen LogP contribution in [0.3, 0.4) is 0 Å². The van der Waals surface area contributed by atoms with Crippen LogP contribution in [-0.4, -0.2) is 56.8 Å². The highest BCUT2D eigenvalue weighted by Crippen LogP contribution is 2.19. The van der Waals surface area contributed by atoms with E-state index in [0.29, 0.717) is 12.6 Å². The highest BCUT2D eigenvalue weighted by atomic mass is 32.2. The molecule has 0 aromatic carbocycles. The fourth-order valence-electron chi connectivity index (χ4n) is 2.67. The molecule has 1 unspecified atom stereocenters. The van der Waals surface area contributed by atoms with Crippen LogP contribution in [0.5, 0.6) is 0 Å². The Morgan fingerprint density at radius 2 is 1.80 bits per heavy atom. The van der Waals surface area contributed by atoms with Crippen molar-refractivity contribution in [3.05, 3.63) is 0 Å². The number of nitrogens with one attached hydrogen (secondary N) is 2. The molecule has 2 aliphatic rings. The lowest BCUT2D eigenvalue weighted by Gasteiger charge is -2.32. The number of sulfonamides is 1. The van der Waals surface area contributed by atoms with Gasteiger partial charge in [-0.1, -0.05) is 6.92 Å². The molecule has 0 amide bonds. The molecule has 1 aliphatic heterocycles. The van der Waals surface area contributed by atoms with Crippen LogP contribution in [-0.2, 0) is 10.0 Å². The Bertz CT molecular complexity index is 387. The van der Waals surface area contributed by atoms with Gasteiger partial charge in [-0.25, -0.2) is 13.1 Å². The summed E-state index contributed by atoms with van der Waals surface area (Å²) in [6, 6.07) is 0.682. The van der Waals surface area contributed by atoms with Gasteiger partial charge in [0.2, 0.25) is 10.0 Å². The van der Waals surface area contributed by atoms with Gasteiger partial charge in [0.15, 0.2) is 0 Å². The molecule has 0 aromatic rings. The van der Waals surface area contributed by atoms with E-state index in [-0.39, 0.29) is 11.3 Å². The van der Waals surface area contributed by atoms with E-state index in [2.05, 4.69) is 21.9 Å². The summed E-state index contributed by atoms with van der Waals surface area (Å²) in [5.41, 5.74) is 0. The van der Waals surface area contributed by atoms with Crippen molar-refractivity contribution in [2.24, 2.45) is 0 Å². The van der Waals surface area contributed by atoms with Crippen molar-refractivity contribution in [2.45, 2.75) is 63.3 Å². The molecule has 0 aromatic heterocycles. The predicted molar refractivity (Wildman–Crippen MR) is 82.3 cm³/mol. The largest absolute Gasteiger partial charge is 0.313 e. The second-order valence-electron chi connectivity index (χ2n) is 6.27. The van der Waals surface area contributed by atoms with Gasteiger partial charge < -0.3 is 10.2 Å². The second kappa shape index (κ2) is 7.20. The van der Waals surface area contributed by atoms with E-state index in [9.17, 15) is 8.42 Å². The molecule has 2 fully saturated rings. The molecule has 1 saturated carbocycles. The van der Waals surface area contributed by atoms with Crippen molar-refractivity contribution in [3.63, 3.8) is 0 Å². The minimum absolute atomic E-state index is 0.122. The van der Waals surface area contributed by atoms with E-state index >= 15 is 0 Å². The standard InChI is InChI=1S/C14H29N3O2S/c1-3-8-17-9-6-14(7-10-17)16-20(18,19)12(2)11-15-13-4-5-13/h12-16H,3-11H2,1-2H3. The fourth-order valence-corrected chi connectivity index (χ4v) is 3.92. The Labute approximate surface area is 123 Å². The third kappa shape index (κ3) is 4.98. The Morgan fingerprint density at radius 3 is 2.35 bits per heavy atom. The molecule has 20 heavy (non-hydrogen) atoms. The maximum atomic E-state index is 12.3. The van der Waals surface area contributed by atoms with E-state index in [0.717, 1.165) is 32.5 Å². The average Bonchev–Trinajstić information content (AvgIpc) is 3.22. The summed E-state index contributed by atoms with van der Waals surface area (Å²) in [4.78, 5) is 2.42. The third-order valence-corrected chi connectivity index (χ3v) is 6.15. The molecule has 0 radical (unpaired) electrons. The van der Waals surface area contributed by atoms with Crippen LogP contribution < -0.4 is 10.0 Å². The van der Waals surface area contributed by atoms with Crippen molar-refractivity contribution < 1.29 is 8.42 Å². The molecular weight excluding hydrogens is 274 g/mol. The maximum Gasteiger partial charge on any atom is 0.215 e. The van der Waals surface area contributed by atoms with E-state index in [1.54, 1.807) is 6.92 Å². The lowest BCUT2D eigenvalue weighted by Crippen LogP contribution is -2.48. The molecule has 2 N–H and O–H groups in total. The van der Waals surface area contributed by atoms with Crippen LogP contribution in [0.1, 0.15) is 46.0 Å². The Morgan fingerprint density at radius 1 is 1.15 bits per heavy atom. The van der Waals surface area contributed by atoms with Gasteiger partial charge in [-0.3, -0.25) is 0 Å². The van der Waals surface area contributed by atoms with Gasteiger partial charge in [-0.2, -0.15) is 0 Å². The van der Waals surface area contributed by atoms with Gasteiger partial charge in [0.25, 0.3) is 0 Å². The van der Waals surface area contributed by atoms with Gasteiger partial charge in [-0.15, -0.1) is 0 Å². The van der Waals surface area contributed by atoms with Crippen LogP contribution in [0.4, 0.5) is 0 Å². The maximum absolute atomic E-state index is 12.3. The van der Waals surface area contributed by atoms with E-state index in [4.69, 9.17) is 0 Å². The third-order valence-electron chi connectivity index (χ3n) is 4.26. The van der Waals surface area contributed by atoms with Crippen LogP contribution in [0.15, 0.2) is 0 Å². The van der Waals surface area contributed by atoms with Crippen molar-refractivity contribution in [1.29, 1.82) is 0 Å². The van der Waals surface area contributed by atoms with Crippen LogP contribution in [0.2, 0.25) is 0 Å². The molecule has 1 aliphatic carbocycles. The first-order valence-corrected chi connectivity index (χ1v) is 9.52. The average molecular weight is 303 g/mol. The highest BCUT2D eigenvalue weighted by Gasteiger charge is 2.29. The predicted octanol–water partition coefficient (Wildman–Crippen LogP) is 0.921. The highest BCUT2D eigenvalue weighted by molar-refractivity contribution is 7.90. The van der Waals surface area contributed by atoms with Crippen LogP contribution >= 0.6 is 0 Å². The summed E-state index contributed by atoms with van der Waals surface area (Å²) in [7, 11) is -3.19. The summed E-state index contributed by atoms with van der Waals surface area (Å²) < 4.78 is 27.5. The first-order chi connectivity index (χ1) is 9.51. The smallest absolute Gasteiger partial charge is 0.215 e. The first-order valence-electron chi connectivity index (χ1n) is 7.98. The molecule has 118 valence electrons. The Balaban J connectivity index is 1.73. The summed E-state index contributed by atoms with van der Waals surface area (Å²) in [5.74, 6) is 0. The van der Waals surface area contributed by atoms with Crippen LogP contribution in [0.25, 0.3) is 0 Å². The molecule has 0 spiro atoms. The normalized spacial score (nSPS) is 23.9. The molecule has 1 saturated heterocycles. The zero-order valence-corrected chi connectivity index (χ0v) is 13.6. The Hall–Kier alpha value is -0.170. The molecule has 2 rings (SSSR count). The number of hydrogen-bond donors (Lipinski definition) is 2. The minimum Gasteiger partial charge on any atom is -0.313 e. The zero-order valence-electron chi connectivity index (χ0n) is 12.8. The molecule has 6 heteroatoms. The van der Waals surface area contributed by atoms with Gasteiger partial charge in [0.05, 0.1) is 5.25 Å². The molecule has 0 bridgehead atoms. The first kappa shape index (κ1) is 16.2. The van der Waals surface area contributed by atoms with E-state index in [1.807, 2.05) is 0 Å². The van der Waals surface area contributed by atoms with Crippen LogP contribution in [0, 0.1) is 0 Å². The van der Waals surface area contributed by atoms with E-state index < -0.39 is 10.0 Å². The van der Waals surface area contributed by atoms with Crippen molar-refractivity contribution in [2.75, 3.05) is 26.2 Å². The fraction of sp³-hybridized carbons (Fsp3) is 1.00. The molecule has 1 atom stereocenters. The van der Waals surface area contributed by atoms with Crippen molar-refractivity contribution in [1.82, 2.24) is 14.9 Å². The number of nitrogens with zero attached hydrogens (tertiary/aromatic N) is 1. The quantitative estimate of drug-likeness (QED) is 0.700. The second-order valence-corrected chi connectivity index (χ2v) is 8.40. The zero-order chi connectivity index (χ0) is 14.6. The monoisotopic (exact) mass is 303 g/mol. The number of piperidine rings is 1. The summed E-state index contributed by atoms with van der Waals surface area (Å²) in [5, 5.41) is 2.95. The summed E-state index contributed by atoms with van der Waals surface area (Å²) in [6.45, 7) is 7.69. The summed E-state index contributed by atoms with van der Waals surface area (Å²) in [6.07, 6.45) is 5.41. The lowest BCUT2D eigenvalue weighted by atomic mass is 10.1. The summed E-state index contributed by atoms with van der Waals surface area (Å²) >= 11 is 0.